The van der Waals surface area contributed by atoms with Crippen LogP contribution in [-0.2, 0) is 11.3 Å². The van der Waals surface area contributed by atoms with Gasteiger partial charge in [0.15, 0.2) is 0 Å². The SMILES string of the molecule is CN(Cc1cn(-c2ccccc2)nc1-c1ccc(Cl)cc1)C(=O)CSc1nnnn1C1CC1. The van der Waals surface area contributed by atoms with Crippen molar-refractivity contribution in [2.24, 2.45) is 0 Å². The molecule has 1 fully saturated rings. The van der Waals surface area contributed by atoms with Crippen LogP contribution in [0.25, 0.3) is 16.9 Å². The molecule has 1 aliphatic carbocycles. The minimum absolute atomic E-state index is 0.000126. The van der Waals surface area contributed by atoms with Crippen molar-refractivity contribution in [2.45, 2.75) is 30.6 Å². The van der Waals surface area contributed by atoms with Crippen LogP contribution < -0.4 is 0 Å². The van der Waals surface area contributed by atoms with Crippen LogP contribution in [0.3, 0.4) is 0 Å². The maximum absolute atomic E-state index is 12.9. The Bertz CT molecular complexity index is 1250. The highest BCUT2D eigenvalue weighted by Gasteiger charge is 2.28. The molecule has 0 unspecified atom stereocenters. The van der Waals surface area contributed by atoms with Crippen LogP contribution >= 0.6 is 23.4 Å². The molecule has 10 heteroatoms. The lowest BCUT2D eigenvalue weighted by atomic mass is 10.1. The summed E-state index contributed by atoms with van der Waals surface area (Å²) < 4.78 is 3.66. The Labute approximate surface area is 200 Å². The molecule has 0 aliphatic heterocycles. The summed E-state index contributed by atoms with van der Waals surface area (Å²) in [5.74, 6) is 0.270. The molecule has 33 heavy (non-hydrogen) atoms. The summed E-state index contributed by atoms with van der Waals surface area (Å²) >= 11 is 7.45. The van der Waals surface area contributed by atoms with Gasteiger partial charge in [-0.3, -0.25) is 4.79 Å². The average molecular weight is 480 g/mol. The Morgan fingerprint density at radius 1 is 1.15 bits per heavy atom. The fourth-order valence-electron chi connectivity index (χ4n) is 3.50. The molecular formula is C23H22ClN7OS. The summed E-state index contributed by atoms with van der Waals surface area (Å²) in [6.45, 7) is 0.428. The van der Waals surface area contributed by atoms with Crippen LogP contribution in [0.4, 0.5) is 0 Å². The van der Waals surface area contributed by atoms with Gasteiger partial charge in [-0.25, -0.2) is 9.36 Å². The maximum Gasteiger partial charge on any atom is 0.233 e. The molecule has 5 rings (SSSR count). The summed E-state index contributed by atoms with van der Waals surface area (Å²) in [6.07, 6.45) is 4.15. The second-order valence-corrected chi connectivity index (χ2v) is 9.34. The topological polar surface area (TPSA) is 81.7 Å². The Morgan fingerprint density at radius 2 is 1.91 bits per heavy atom. The van der Waals surface area contributed by atoms with Gasteiger partial charge < -0.3 is 4.90 Å². The maximum atomic E-state index is 12.9. The lowest BCUT2D eigenvalue weighted by Gasteiger charge is -2.17. The lowest BCUT2D eigenvalue weighted by molar-refractivity contribution is -0.127. The van der Waals surface area contributed by atoms with Crippen molar-refractivity contribution in [2.75, 3.05) is 12.8 Å². The number of rotatable bonds is 8. The first-order chi connectivity index (χ1) is 16.1. The van der Waals surface area contributed by atoms with Gasteiger partial charge in [0, 0.05) is 35.9 Å². The van der Waals surface area contributed by atoms with E-state index in [1.165, 1.54) is 11.8 Å². The number of halogens is 1. The fraction of sp³-hybridized carbons (Fsp3) is 0.261. The number of carbonyl (C=O) groups is 1. The molecule has 0 saturated heterocycles. The smallest absolute Gasteiger partial charge is 0.233 e. The molecule has 0 bridgehead atoms. The van der Waals surface area contributed by atoms with Gasteiger partial charge in [0.2, 0.25) is 11.1 Å². The van der Waals surface area contributed by atoms with Gasteiger partial charge in [-0.15, -0.1) is 5.10 Å². The Kier molecular flexibility index (Phi) is 6.15. The molecule has 0 atom stereocenters. The van der Waals surface area contributed by atoms with Crippen molar-refractivity contribution in [3.05, 3.63) is 71.4 Å². The van der Waals surface area contributed by atoms with Gasteiger partial charge in [-0.1, -0.05) is 53.7 Å². The molecule has 1 amide bonds. The first kappa shape index (κ1) is 21.7. The number of aromatic nitrogens is 6. The quantitative estimate of drug-likeness (QED) is 0.351. The van der Waals surface area contributed by atoms with Crippen LogP contribution in [0.15, 0.2) is 66.0 Å². The zero-order chi connectivity index (χ0) is 22.8. The molecule has 2 aromatic heterocycles. The number of amides is 1. The van der Waals surface area contributed by atoms with E-state index in [4.69, 9.17) is 16.7 Å². The van der Waals surface area contributed by atoms with E-state index in [0.717, 1.165) is 35.3 Å². The third-order valence-corrected chi connectivity index (χ3v) is 6.61. The number of tetrazole rings is 1. The number of hydrogen-bond acceptors (Lipinski definition) is 6. The summed E-state index contributed by atoms with van der Waals surface area (Å²) in [7, 11) is 1.80. The second-order valence-electron chi connectivity index (χ2n) is 7.97. The van der Waals surface area contributed by atoms with Crippen LogP contribution in [0, 0.1) is 0 Å². The van der Waals surface area contributed by atoms with Crippen LogP contribution in [0.2, 0.25) is 5.02 Å². The van der Waals surface area contributed by atoms with Crippen LogP contribution in [0.1, 0.15) is 24.4 Å². The molecule has 4 aromatic rings. The summed E-state index contributed by atoms with van der Waals surface area (Å²) in [5, 5.41) is 18.0. The van der Waals surface area contributed by atoms with Crippen molar-refractivity contribution in [3.8, 4) is 16.9 Å². The minimum atomic E-state index is -0.000126. The molecule has 0 spiro atoms. The molecule has 8 nitrogen and oxygen atoms in total. The predicted octanol–water partition coefficient (Wildman–Crippen LogP) is 4.26. The number of benzene rings is 2. The molecule has 1 saturated carbocycles. The average Bonchev–Trinajstić information content (AvgIpc) is 3.42. The third-order valence-electron chi connectivity index (χ3n) is 5.44. The van der Waals surface area contributed by atoms with E-state index in [1.54, 1.807) is 11.9 Å². The van der Waals surface area contributed by atoms with Gasteiger partial charge in [0.1, 0.15) is 0 Å². The highest BCUT2D eigenvalue weighted by molar-refractivity contribution is 7.99. The highest BCUT2D eigenvalue weighted by atomic mass is 35.5. The normalized spacial score (nSPS) is 13.3. The summed E-state index contributed by atoms with van der Waals surface area (Å²) in [5.41, 5.74) is 3.67. The van der Waals surface area contributed by atoms with Crippen molar-refractivity contribution in [3.63, 3.8) is 0 Å². The summed E-state index contributed by atoms with van der Waals surface area (Å²) in [6, 6.07) is 17.9. The number of thioether (sulfide) groups is 1. The van der Waals surface area contributed by atoms with Crippen LogP contribution in [-0.4, -0.2) is 53.6 Å². The molecule has 168 valence electrons. The van der Waals surface area contributed by atoms with Crippen molar-refractivity contribution < 1.29 is 4.79 Å². The molecule has 1 aliphatic rings. The standard InChI is InChI=1S/C23H22ClN7OS/c1-29(21(32)15-33-23-25-27-28-31(23)20-11-12-20)13-17-14-30(19-5-3-2-4-6-19)26-22(17)16-7-9-18(24)10-8-16/h2-10,14,20H,11-13,15H2,1H3. The zero-order valence-corrected chi connectivity index (χ0v) is 19.6. The van der Waals surface area contributed by atoms with Gasteiger partial charge in [-0.2, -0.15) is 5.10 Å². The molecule has 0 N–H and O–H groups in total. The van der Waals surface area contributed by atoms with E-state index in [-0.39, 0.29) is 11.7 Å². The van der Waals surface area contributed by atoms with Crippen molar-refractivity contribution in [1.82, 2.24) is 34.9 Å². The van der Waals surface area contributed by atoms with Gasteiger partial charge >= 0.3 is 0 Å². The zero-order valence-electron chi connectivity index (χ0n) is 18.0. The largest absolute Gasteiger partial charge is 0.341 e. The number of para-hydroxylation sites is 1. The van der Waals surface area contributed by atoms with Gasteiger partial charge in [0.25, 0.3) is 0 Å². The van der Waals surface area contributed by atoms with E-state index in [9.17, 15) is 4.79 Å². The highest BCUT2D eigenvalue weighted by Crippen LogP contribution is 2.36. The number of carbonyl (C=O) groups excluding carboxylic acids is 1. The Morgan fingerprint density at radius 3 is 2.64 bits per heavy atom. The summed E-state index contributed by atoms with van der Waals surface area (Å²) in [4.78, 5) is 14.6. The van der Waals surface area contributed by atoms with E-state index in [2.05, 4.69) is 15.5 Å². The minimum Gasteiger partial charge on any atom is -0.341 e. The lowest BCUT2D eigenvalue weighted by Crippen LogP contribution is -2.28. The molecule has 2 heterocycles. The first-order valence-electron chi connectivity index (χ1n) is 10.6. The number of hydrogen-bond donors (Lipinski definition) is 0. The van der Waals surface area contributed by atoms with Crippen molar-refractivity contribution >= 4 is 29.3 Å². The molecule has 0 radical (unpaired) electrons. The van der Waals surface area contributed by atoms with E-state index in [0.29, 0.717) is 22.8 Å². The predicted molar refractivity (Wildman–Crippen MR) is 127 cm³/mol. The van der Waals surface area contributed by atoms with Gasteiger partial charge in [-0.05, 0) is 47.5 Å². The monoisotopic (exact) mass is 479 g/mol. The van der Waals surface area contributed by atoms with E-state index >= 15 is 0 Å². The molecule has 2 aromatic carbocycles. The third kappa shape index (κ3) is 4.94. The van der Waals surface area contributed by atoms with Crippen molar-refractivity contribution in [1.29, 1.82) is 0 Å². The van der Waals surface area contributed by atoms with Crippen LogP contribution in [0.5, 0.6) is 0 Å². The molecular weight excluding hydrogens is 458 g/mol. The second kappa shape index (κ2) is 9.36. The van der Waals surface area contributed by atoms with E-state index in [1.807, 2.05) is 70.2 Å². The Hall–Kier alpha value is -3.17. The fourth-order valence-corrected chi connectivity index (χ4v) is 4.51. The number of nitrogens with zero attached hydrogens (tertiary/aromatic N) is 7. The first-order valence-corrected chi connectivity index (χ1v) is 12.0. The Balaban J connectivity index is 1.34. The van der Waals surface area contributed by atoms with Gasteiger partial charge in [0.05, 0.1) is 23.2 Å². The van der Waals surface area contributed by atoms with E-state index < -0.39 is 0 Å².